The third-order valence-corrected chi connectivity index (χ3v) is 3.83. The van der Waals surface area contributed by atoms with Crippen molar-refractivity contribution in [2.75, 3.05) is 11.9 Å². The summed E-state index contributed by atoms with van der Waals surface area (Å²) in [5.41, 5.74) is 2.60. The van der Waals surface area contributed by atoms with Gasteiger partial charge in [0.15, 0.2) is 5.65 Å². The number of fused-ring (bicyclic) bond motifs is 3. The van der Waals surface area contributed by atoms with Crippen molar-refractivity contribution in [2.24, 2.45) is 0 Å². The molecular weight excluding hydrogens is 302 g/mol. The van der Waals surface area contributed by atoms with E-state index in [2.05, 4.69) is 15.5 Å². The van der Waals surface area contributed by atoms with Crippen molar-refractivity contribution in [1.82, 2.24) is 19.6 Å². The molecule has 0 aliphatic heterocycles. The first kappa shape index (κ1) is 14.4. The van der Waals surface area contributed by atoms with Crippen LogP contribution < -0.4 is 10.1 Å². The van der Waals surface area contributed by atoms with E-state index in [1.165, 1.54) is 0 Å². The molecule has 0 atom stereocenters. The van der Waals surface area contributed by atoms with Gasteiger partial charge in [0.05, 0.1) is 12.1 Å². The van der Waals surface area contributed by atoms with Gasteiger partial charge in [0.1, 0.15) is 11.6 Å². The van der Waals surface area contributed by atoms with Gasteiger partial charge in [0.2, 0.25) is 5.95 Å². The molecule has 0 radical (unpaired) electrons. The first-order chi connectivity index (χ1) is 11.8. The molecule has 6 nitrogen and oxygen atoms in total. The molecule has 0 saturated carbocycles. The van der Waals surface area contributed by atoms with Gasteiger partial charge in [0.25, 0.3) is 0 Å². The number of hydrogen-bond donors (Lipinski definition) is 1. The maximum atomic E-state index is 5.48. The Morgan fingerprint density at radius 1 is 1.04 bits per heavy atom. The van der Waals surface area contributed by atoms with Gasteiger partial charge in [-0.2, -0.15) is 0 Å². The molecule has 4 aromatic rings. The number of ether oxygens (including phenoxy) is 1. The third kappa shape index (κ3) is 2.42. The highest BCUT2D eigenvalue weighted by atomic mass is 16.5. The minimum absolute atomic E-state index is 0.652. The number of hydrogen-bond acceptors (Lipinski definition) is 5. The SMILES string of the molecule is CCOc1ccc(Nc2nc3ccccc3c3nnc(C)n23)cc1. The van der Waals surface area contributed by atoms with Crippen molar-refractivity contribution < 1.29 is 4.74 Å². The maximum absolute atomic E-state index is 5.48. The quantitative estimate of drug-likeness (QED) is 0.621. The molecule has 0 amide bonds. The number of nitrogens with zero attached hydrogens (tertiary/aromatic N) is 4. The van der Waals surface area contributed by atoms with Gasteiger partial charge in [-0.1, -0.05) is 12.1 Å². The smallest absolute Gasteiger partial charge is 0.215 e. The highest BCUT2D eigenvalue weighted by Crippen LogP contribution is 2.24. The number of rotatable bonds is 4. The number of aromatic nitrogens is 4. The maximum Gasteiger partial charge on any atom is 0.215 e. The molecule has 0 aliphatic carbocycles. The Balaban J connectivity index is 1.81. The molecule has 2 aromatic carbocycles. The lowest BCUT2D eigenvalue weighted by Crippen LogP contribution is -2.04. The average molecular weight is 319 g/mol. The molecule has 0 fully saturated rings. The molecule has 120 valence electrons. The van der Waals surface area contributed by atoms with Gasteiger partial charge in [-0.3, -0.25) is 0 Å². The van der Waals surface area contributed by atoms with E-state index in [1.54, 1.807) is 0 Å². The minimum Gasteiger partial charge on any atom is -0.494 e. The van der Waals surface area contributed by atoms with E-state index in [0.29, 0.717) is 12.6 Å². The van der Waals surface area contributed by atoms with E-state index in [4.69, 9.17) is 9.72 Å². The molecule has 0 saturated heterocycles. The van der Waals surface area contributed by atoms with Gasteiger partial charge < -0.3 is 10.1 Å². The van der Waals surface area contributed by atoms with Crippen LogP contribution in [0.5, 0.6) is 5.75 Å². The van der Waals surface area contributed by atoms with Crippen LogP contribution in [0.15, 0.2) is 48.5 Å². The first-order valence-corrected chi connectivity index (χ1v) is 7.86. The summed E-state index contributed by atoms with van der Waals surface area (Å²) < 4.78 is 7.41. The monoisotopic (exact) mass is 319 g/mol. The highest BCUT2D eigenvalue weighted by Gasteiger charge is 2.12. The number of anilines is 2. The van der Waals surface area contributed by atoms with Crippen LogP contribution in [0.25, 0.3) is 16.6 Å². The molecule has 4 rings (SSSR count). The van der Waals surface area contributed by atoms with E-state index in [9.17, 15) is 0 Å². The second-order valence-electron chi connectivity index (χ2n) is 5.44. The molecule has 0 unspecified atom stereocenters. The van der Waals surface area contributed by atoms with Gasteiger partial charge in [-0.05, 0) is 50.2 Å². The van der Waals surface area contributed by atoms with Crippen LogP contribution in [0.4, 0.5) is 11.6 Å². The van der Waals surface area contributed by atoms with Crippen LogP contribution in [0.3, 0.4) is 0 Å². The largest absolute Gasteiger partial charge is 0.494 e. The highest BCUT2D eigenvalue weighted by molar-refractivity contribution is 5.92. The molecule has 6 heteroatoms. The molecule has 2 aromatic heterocycles. The first-order valence-electron chi connectivity index (χ1n) is 7.86. The Morgan fingerprint density at radius 2 is 1.83 bits per heavy atom. The van der Waals surface area contributed by atoms with Crippen LogP contribution in [-0.2, 0) is 0 Å². The zero-order valence-electron chi connectivity index (χ0n) is 13.5. The van der Waals surface area contributed by atoms with E-state index in [0.717, 1.165) is 33.8 Å². The van der Waals surface area contributed by atoms with Gasteiger partial charge in [0, 0.05) is 11.1 Å². The van der Waals surface area contributed by atoms with Crippen molar-refractivity contribution in [2.45, 2.75) is 13.8 Å². The summed E-state index contributed by atoms with van der Waals surface area (Å²) in [4.78, 5) is 4.73. The average Bonchev–Trinajstić information content (AvgIpc) is 3.00. The van der Waals surface area contributed by atoms with Crippen LogP contribution in [0.1, 0.15) is 12.7 Å². The Hall–Kier alpha value is -3.15. The van der Waals surface area contributed by atoms with Crippen molar-refractivity contribution in [3.63, 3.8) is 0 Å². The van der Waals surface area contributed by atoms with E-state index >= 15 is 0 Å². The van der Waals surface area contributed by atoms with E-state index in [1.807, 2.05) is 66.8 Å². The fourth-order valence-corrected chi connectivity index (χ4v) is 2.73. The Kier molecular flexibility index (Phi) is 3.49. The lowest BCUT2D eigenvalue weighted by atomic mass is 10.2. The standard InChI is InChI=1S/C18H17N5O/c1-3-24-14-10-8-13(9-11-14)19-18-20-16-7-5-4-6-15(16)17-22-21-12(2)23(17)18/h4-11H,3H2,1-2H3,(H,19,20). The molecule has 0 aliphatic rings. The summed E-state index contributed by atoms with van der Waals surface area (Å²) in [6.45, 7) is 4.54. The summed E-state index contributed by atoms with van der Waals surface area (Å²) in [6.07, 6.45) is 0. The predicted octanol–water partition coefficient (Wildman–Crippen LogP) is 3.73. The van der Waals surface area contributed by atoms with Crippen molar-refractivity contribution in [3.05, 3.63) is 54.4 Å². The Labute approximate surface area is 139 Å². The van der Waals surface area contributed by atoms with E-state index in [-0.39, 0.29) is 0 Å². The second kappa shape index (κ2) is 5.81. The predicted molar refractivity (Wildman–Crippen MR) is 93.9 cm³/mol. The van der Waals surface area contributed by atoms with Crippen LogP contribution in [-0.4, -0.2) is 26.2 Å². The summed E-state index contributed by atoms with van der Waals surface area (Å²) in [5.74, 6) is 2.33. The second-order valence-corrected chi connectivity index (χ2v) is 5.44. The molecule has 24 heavy (non-hydrogen) atoms. The zero-order valence-corrected chi connectivity index (χ0v) is 13.5. The lowest BCUT2D eigenvalue weighted by Gasteiger charge is -2.11. The Morgan fingerprint density at radius 3 is 2.62 bits per heavy atom. The van der Waals surface area contributed by atoms with E-state index < -0.39 is 0 Å². The van der Waals surface area contributed by atoms with Crippen LogP contribution in [0.2, 0.25) is 0 Å². The van der Waals surface area contributed by atoms with Crippen LogP contribution >= 0.6 is 0 Å². The molecule has 1 N–H and O–H groups in total. The number of benzene rings is 2. The fourth-order valence-electron chi connectivity index (χ4n) is 2.73. The summed E-state index contributed by atoms with van der Waals surface area (Å²) in [7, 11) is 0. The zero-order chi connectivity index (χ0) is 16.5. The van der Waals surface area contributed by atoms with Crippen molar-refractivity contribution in [1.29, 1.82) is 0 Å². The molecule has 0 bridgehead atoms. The molecular formula is C18H17N5O. The third-order valence-electron chi connectivity index (χ3n) is 3.83. The topological polar surface area (TPSA) is 64.3 Å². The van der Waals surface area contributed by atoms with Gasteiger partial charge in [-0.25, -0.2) is 9.38 Å². The van der Waals surface area contributed by atoms with Crippen LogP contribution in [0, 0.1) is 6.92 Å². The van der Waals surface area contributed by atoms with Gasteiger partial charge >= 0.3 is 0 Å². The number of para-hydroxylation sites is 1. The van der Waals surface area contributed by atoms with Crippen molar-refractivity contribution >= 4 is 28.2 Å². The molecule has 0 spiro atoms. The fraction of sp³-hybridized carbons (Fsp3) is 0.167. The Bertz CT molecular complexity index is 1010. The van der Waals surface area contributed by atoms with Crippen molar-refractivity contribution in [3.8, 4) is 5.75 Å². The molecule has 2 heterocycles. The number of aryl methyl sites for hydroxylation is 1. The summed E-state index contributed by atoms with van der Waals surface area (Å²) in [5, 5.41) is 12.8. The van der Waals surface area contributed by atoms with Gasteiger partial charge in [-0.15, -0.1) is 10.2 Å². The normalized spacial score (nSPS) is 11.1. The summed E-state index contributed by atoms with van der Waals surface area (Å²) >= 11 is 0. The lowest BCUT2D eigenvalue weighted by molar-refractivity contribution is 0.340. The summed E-state index contributed by atoms with van der Waals surface area (Å²) in [6, 6.07) is 15.7. The number of nitrogens with one attached hydrogen (secondary N) is 1. The minimum atomic E-state index is 0.652.